The fourth-order valence-electron chi connectivity index (χ4n) is 3.48. The van der Waals surface area contributed by atoms with E-state index in [2.05, 4.69) is 9.47 Å². The van der Waals surface area contributed by atoms with Crippen molar-refractivity contribution in [2.24, 2.45) is 0 Å². The first kappa shape index (κ1) is 32.3. The summed E-state index contributed by atoms with van der Waals surface area (Å²) in [7, 11) is 0. The molecule has 3 aromatic carbocycles. The maximum absolute atomic E-state index is 13.6. The van der Waals surface area contributed by atoms with Crippen LogP contribution in [0.4, 0.5) is 77.2 Å². The molecule has 4 N–H and O–H groups in total. The Bertz CT molecular complexity index is 1410. The molecule has 0 aromatic heterocycles. The fourth-order valence-corrected chi connectivity index (χ4v) is 3.48. The predicted molar refractivity (Wildman–Crippen MR) is 113 cm³/mol. The highest BCUT2D eigenvalue weighted by molar-refractivity contribution is 5.59. The van der Waals surface area contributed by atoms with Gasteiger partial charge in [-0.1, -0.05) is 0 Å². The van der Waals surface area contributed by atoms with Crippen molar-refractivity contribution in [2.75, 3.05) is 11.5 Å². The topological polar surface area (TPSA) is 70.5 Å². The summed E-state index contributed by atoms with van der Waals surface area (Å²) >= 11 is 0. The molecular formula is C23H11F15N2O2. The standard InChI is InChI=1S/C23H11F15N2O2/c24-19(25,26)11-2-1-10(41-17-12(20(27,28)29)3-8(39)4-13(17)21(30,31)32)7-16(11)42-18-14(22(33,34)35)5-9(40)6-15(18)23(36,37)38/h1-7H,39-40H2. The lowest BCUT2D eigenvalue weighted by atomic mass is 10.1. The van der Waals surface area contributed by atoms with E-state index in [4.69, 9.17) is 11.5 Å². The van der Waals surface area contributed by atoms with Crippen molar-refractivity contribution in [2.45, 2.75) is 30.9 Å². The third-order valence-corrected chi connectivity index (χ3v) is 5.13. The van der Waals surface area contributed by atoms with E-state index in [0.29, 0.717) is 0 Å². The molecule has 0 fully saturated rings. The van der Waals surface area contributed by atoms with Crippen LogP contribution < -0.4 is 20.9 Å². The first-order valence-electron chi connectivity index (χ1n) is 10.5. The Hall–Kier alpha value is -4.19. The number of nitrogen functional groups attached to an aromatic ring is 2. The molecule has 0 saturated carbocycles. The van der Waals surface area contributed by atoms with Gasteiger partial charge in [0, 0.05) is 17.4 Å². The third-order valence-electron chi connectivity index (χ3n) is 5.13. The molecule has 19 heteroatoms. The zero-order valence-corrected chi connectivity index (χ0v) is 19.7. The zero-order chi connectivity index (χ0) is 32.2. The van der Waals surface area contributed by atoms with Crippen LogP contribution in [-0.4, -0.2) is 0 Å². The molecule has 0 atom stereocenters. The molecule has 0 amide bonds. The normalized spacial score (nSPS) is 13.3. The maximum atomic E-state index is 13.6. The van der Waals surface area contributed by atoms with Gasteiger partial charge < -0.3 is 20.9 Å². The number of nitrogens with two attached hydrogens (primary N) is 2. The number of ether oxygens (including phenoxy) is 2. The highest BCUT2D eigenvalue weighted by Crippen LogP contribution is 2.51. The van der Waals surface area contributed by atoms with Crippen molar-refractivity contribution < 1.29 is 75.3 Å². The van der Waals surface area contributed by atoms with Gasteiger partial charge in [-0.15, -0.1) is 0 Å². The number of rotatable bonds is 4. The van der Waals surface area contributed by atoms with Crippen molar-refractivity contribution in [3.8, 4) is 23.0 Å². The number of halogens is 15. The lowest BCUT2D eigenvalue weighted by Crippen LogP contribution is -2.16. The van der Waals surface area contributed by atoms with Crippen molar-refractivity contribution in [1.29, 1.82) is 0 Å². The molecule has 42 heavy (non-hydrogen) atoms. The highest BCUT2D eigenvalue weighted by atomic mass is 19.4. The van der Waals surface area contributed by atoms with Gasteiger partial charge in [-0.3, -0.25) is 0 Å². The Kier molecular flexibility index (Phi) is 7.90. The second kappa shape index (κ2) is 10.3. The predicted octanol–water partition coefficient (Wildman–Crippen LogP) is 9.53. The van der Waals surface area contributed by atoms with E-state index < -0.39 is 93.1 Å². The Morgan fingerprint density at radius 2 is 0.714 bits per heavy atom. The largest absolute Gasteiger partial charge is 0.456 e. The Morgan fingerprint density at radius 3 is 1.02 bits per heavy atom. The smallest absolute Gasteiger partial charge is 0.420 e. The molecule has 0 aliphatic rings. The van der Waals surface area contributed by atoms with Crippen molar-refractivity contribution in [3.63, 3.8) is 0 Å². The molecule has 3 aromatic rings. The van der Waals surface area contributed by atoms with E-state index >= 15 is 0 Å². The van der Waals surface area contributed by atoms with E-state index in [9.17, 15) is 65.9 Å². The quantitative estimate of drug-likeness (QED) is 0.222. The maximum Gasteiger partial charge on any atom is 0.420 e. The van der Waals surface area contributed by atoms with Crippen LogP contribution in [0.1, 0.15) is 27.8 Å². The van der Waals surface area contributed by atoms with Gasteiger partial charge in [0.05, 0.1) is 5.56 Å². The summed E-state index contributed by atoms with van der Waals surface area (Å²) in [6, 6.07) is -0.312. The van der Waals surface area contributed by atoms with Gasteiger partial charge in [0.1, 0.15) is 33.8 Å². The number of hydrogen-bond acceptors (Lipinski definition) is 4. The Balaban J connectivity index is 2.31. The van der Waals surface area contributed by atoms with E-state index in [0.717, 1.165) is 0 Å². The zero-order valence-electron chi connectivity index (χ0n) is 19.7. The van der Waals surface area contributed by atoms with Crippen LogP contribution in [0.5, 0.6) is 23.0 Å². The molecule has 0 unspecified atom stereocenters. The SMILES string of the molecule is Nc1cc(C(F)(F)F)c(Oc2ccc(C(F)(F)F)c(Oc3c(C(F)(F)F)cc(N)cc3C(F)(F)F)c2)c(C(F)(F)F)c1. The summed E-state index contributed by atoms with van der Waals surface area (Å²) < 4.78 is 213. The second-order valence-corrected chi connectivity index (χ2v) is 8.24. The molecule has 0 spiro atoms. The summed E-state index contributed by atoms with van der Waals surface area (Å²) in [4.78, 5) is 0. The molecule has 230 valence electrons. The van der Waals surface area contributed by atoms with Crippen molar-refractivity contribution >= 4 is 11.4 Å². The summed E-state index contributed by atoms with van der Waals surface area (Å²) in [6.45, 7) is 0. The van der Waals surface area contributed by atoms with Gasteiger partial charge in [-0.2, -0.15) is 65.9 Å². The second-order valence-electron chi connectivity index (χ2n) is 8.24. The highest BCUT2D eigenvalue weighted by Gasteiger charge is 2.45. The average Bonchev–Trinajstić information content (AvgIpc) is 2.77. The molecule has 0 bridgehead atoms. The average molecular weight is 632 g/mol. The van der Waals surface area contributed by atoms with E-state index in [1.165, 1.54) is 0 Å². The van der Waals surface area contributed by atoms with Gasteiger partial charge in [0.2, 0.25) is 0 Å². The summed E-state index contributed by atoms with van der Waals surface area (Å²) in [5, 5.41) is 0. The van der Waals surface area contributed by atoms with Crippen LogP contribution in [0, 0.1) is 0 Å². The summed E-state index contributed by atoms with van der Waals surface area (Å²) in [5.41, 5.74) is -2.97. The minimum absolute atomic E-state index is 0.00828. The molecular weight excluding hydrogens is 621 g/mol. The van der Waals surface area contributed by atoms with Crippen LogP contribution in [-0.2, 0) is 30.9 Å². The monoisotopic (exact) mass is 632 g/mol. The van der Waals surface area contributed by atoms with Gasteiger partial charge in [-0.05, 0) is 36.4 Å². The minimum atomic E-state index is -5.70. The van der Waals surface area contributed by atoms with E-state index in [1.54, 1.807) is 0 Å². The molecule has 0 saturated heterocycles. The minimum Gasteiger partial charge on any atom is -0.456 e. The molecule has 0 aliphatic carbocycles. The Morgan fingerprint density at radius 1 is 0.405 bits per heavy atom. The van der Waals surface area contributed by atoms with Crippen LogP contribution in [0.15, 0.2) is 42.5 Å². The number of alkyl halides is 15. The first-order valence-corrected chi connectivity index (χ1v) is 10.5. The lowest BCUT2D eigenvalue weighted by Gasteiger charge is -2.23. The summed E-state index contributed by atoms with van der Waals surface area (Å²) in [6.07, 6.45) is -28.2. The van der Waals surface area contributed by atoms with Gasteiger partial charge in [0.15, 0.2) is 11.5 Å². The first-order chi connectivity index (χ1) is 18.8. The number of hydrogen-bond donors (Lipinski definition) is 2. The number of anilines is 2. The van der Waals surface area contributed by atoms with Crippen LogP contribution >= 0.6 is 0 Å². The van der Waals surface area contributed by atoms with Gasteiger partial charge in [0.25, 0.3) is 0 Å². The third kappa shape index (κ3) is 6.99. The summed E-state index contributed by atoms with van der Waals surface area (Å²) in [5.74, 6) is -7.52. The lowest BCUT2D eigenvalue weighted by molar-refractivity contribution is -0.146. The van der Waals surface area contributed by atoms with Crippen LogP contribution in [0.25, 0.3) is 0 Å². The molecule has 0 heterocycles. The molecule has 0 radical (unpaired) electrons. The molecule has 0 aliphatic heterocycles. The molecule has 4 nitrogen and oxygen atoms in total. The van der Waals surface area contributed by atoms with Gasteiger partial charge in [-0.25, -0.2) is 0 Å². The van der Waals surface area contributed by atoms with Crippen molar-refractivity contribution in [3.05, 3.63) is 70.3 Å². The Labute approximate surface area is 223 Å². The van der Waals surface area contributed by atoms with Crippen molar-refractivity contribution in [1.82, 2.24) is 0 Å². The molecule has 3 rings (SSSR count). The number of benzene rings is 3. The van der Waals surface area contributed by atoms with Crippen LogP contribution in [0.2, 0.25) is 0 Å². The van der Waals surface area contributed by atoms with E-state index in [-0.39, 0.29) is 42.5 Å². The fraction of sp³-hybridized carbons (Fsp3) is 0.217. The van der Waals surface area contributed by atoms with E-state index in [1.807, 2.05) is 0 Å². The van der Waals surface area contributed by atoms with Crippen LogP contribution in [0.3, 0.4) is 0 Å². The van der Waals surface area contributed by atoms with Gasteiger partial charge >= 0.3 is 30.9 Å².